The summed E-state index contributed by atoms with van der Waals surface area (Å²) in [4.78, 5) is 17.8. The third-order valence-corrected chi connectivity index (χ3v) is 5.45. The minimum absolute atomic E-state index is 0.0450. The summed E-state index contributed by atoms with van der Waals surface area (Å²) in [5, 5.41) is 14.8. The molecule has 0 spiro atoms. The summed E-state index contributed by atoms with van der Waals surface area (Å²) < 4.78 is 11.3. The summed E-state index contributed by atoms with van der Waals surface area (Å²) in [6, 6.07) is 3.22. The minimum Gasteiger partial charge on any atom is -0.506 e. The second-order valence-electron chi connectivity index (χ2n) is 6.65. The van der Waals surface area contributed by atoms with Crippen LogP contribution in [0.3, 0.4) is 0 Å². The Morgan fingerprint density at radius 3 is 2.13 bits per heavy atom. The van der Waals surface area contributed by atoms with Crippen LogP contribution in [0, 0.1) is 0 Å². The van der Waals surface area contributed by atoms with Crippen LogP contribution in [0.4, 0.5) is 17.8 Å². The molecule has 1 aromatic heterocycles. The molecule has 2 saturated heterocycles. The number of morpholine rings is 2. The van der Waals surface area contributed by atoms with Crippen molar-refractivity contribution < 1.29 is 14.6 Å². The van der Waals surface area contributed by atoms with E-state index >= 15 is 0 Å². The second kappa shape index (κ2) is 9.73. The number of rotatable bonds is 5. The summed E-state index contributed by atoms with van der Waals surface area (Å²) in [5.41, 5.74) is 3.30. The number of hydrogen-bond donors (Lipinski definition) is 2. The van der Waals surface area contributed by atoms with Crippen LogP contribution in [0.2, 0.25) is 5.02 Å². The molecule has 0 bridgehead atoms. The largest absolute Gasteiger partial charge is 0.506 e. The van der Waals surface area contributed by atoms with Crippen molar-refractivity contribution in [3.8, 4) is 5.75 Å². The van der Waals surface area contributed by atoms with Crippen molar-refractivity contribution in [1.29, 1.82) is 0 Å². The molecule has 30 heavy (non-hydrogen) atoms. The molecule has 2 aliphatic heterocycles. The van der Waals surface area contributed by atoms with Gasteiger partial charge in [0.05, 0.1) is 37.1 Å². The first-order valence-corrected chi connectivity index (χ1v) is 10.7. The number of aromatic hydroxyl groups is 1. The molecular weight excluding hydrogens is 478 g/mol. The van der Waals surface area contributed by atoms with Gasteiger partial charge in [-0.25, -0.2) is 5.43 Å². The molecule has 2 fully saturated rings. The van der Waals surface area contributed by atoms with Gasteiger partial charge >= 0.3 is 0 Å². The Hall–Kier alpha value is -2.21. The smallest absolute Gasteiger partial charge is 0.250 e. The lowest BCUT2D eigenvalue weighted by Gasteiger charge is -2.30. The topological polar surface area (TPSA) is 108 Å². The zero-order valence-electron chi connectivity index (χ0n) is 16.1. The molecule has 1 aromatic carbocycles. The molecule has 0 atom stereocenters. The Morgan fingerprint density at radius 2 is 1.57 bits per heavy atom. The van der Waals surface area contributed by atoms with E-state index in [-0.39, 0.29) is 5.75 Å². The molecule has 12 heteroatoms. The zero-order chi connectivity index (χ0) is 20.9. The number of phenols is 1. The van der Waals surface area contributed by atoms with E-state index in [0.717, 1.165) is 0 Å². The number of nitrogens with zero attached hydrogens (tertiary/aromatic N) is 6. The number of anilines is 3. The van der Waals surface area contributed by atoms with Gasteiger partial charge in [0.2, 0.25) is 17.8 Å². The summed E-state index contributed by atoms with van der Waals surface area (Å²) in [6.45, 7) is 5.34. The predicted molar refractivity (Wildman–Crippen MR) is 118 cm³/mol. The fourth-order valence-corrected chi connectivity index (χ4v) is 3.89. The van der Waals surface area contributed by atoms with E-state index in [0.29, 0.717) is 85.5 Å². The van der Waals surface area contributed by atoms with Crippen LogP contribution in [0.25, 0.3) is 0 Å². The van der Waals surface area contributed by atoms with E-state index in [4.69, 9.17) is 21.1 Å². The first kappa shape index (κ1) is 21.0. The Labute approximate surface area is 187 Å². The fourth-order valence-electron chi connectivity index (χ4n) is 3.06. The standard InChI is InChI=1S/C18H21BrClN7O3/c19-14-10-13(20)9-12(15(14)28)11-21-25-16-22-17(26-1-5-29-6-2-26)24-18(23-16)27-3-7-30-8-4-27/h9-11,28H,1-8H2,(H,22,23,24,25)/b21-11+. The molecular formula is C18H21BrClN7O3. The summed E-state index contributed by atoms with van der Waals surface area (Å²) in [6.07, 6.45) is 1.46. The number of nitrogens with one attached hydrogen (secondary N) is 1. The zero-order valence-corrected chi connectivity index (χ0v) is 18.4. The SMILES string of the molecule is Oc1c(Br)cc(Cl)cc1/C=N/Nc1nc(N2CCOCC2)nc(N2CCOCC2)n1. The van der Waals surface area contributed by atoms with Crippen molar-refractivity contribution in [2.45, 2.75) is 0 Å². The maximum atomic E-state index is 10.1. The van der Waals surface area contributed by atoms with Gasteiger partial charge in [0.25, 0.3) is 0 Å². The van der Waals surface area contributed by atoms with Crippen molar-refractivity contribution in [2.75, 3.05) is 67.8 Å². The molecule has 0 radical (unpaired) electrons. The molecule has 0 saturated carbocycles. The fraction of sp³-hybridized carbons (Fsp3) is 0.444. The lowest BCUT2D eigenvalue weighted by molar-refractivity contribution is 0.121. The highest BCUT2D eigenvalue weighted by molar-refractivity contribution is 9.10. The second-order valence-corrected chi connectivity index (χ2v) is 7.94. The van der Waals surface area contributed by atoms with Gasteiger partial charge in [-0.15, -0.1) is 0 Å². The van der Waals surface area contributed by atoms with Gasteiger partial charge < -0.3 is 24.4 Å². The van der Waals surface area contributed by atoms with Crippen LogP contribution in [0.5, 0.6) is 5.75 Å². The van der Waals surface area contributed by atoms with Crippen molar-refractivity contribution in [3.63, 3.8) is 0 Å². The lowest BCUT2D eigenvalue weighted by Crippen LogP contribution is -2.40. The quantitative estimate of drug-likeness (QED) is 0.473. The molecule has 0 amide bonds. The van der Waals surface area contributed by atoms with Crippen LogP contribution >= 0.6 is 27.5 Å². The Kier molecular flexibility index (Phi) is 6.82. The first-order chi connectivity index (χ1) is 14.6. The van der Waals surface area contributed by atoms with Crippen LogP contribution in [0.15, 0.2) is 21.7 Å². The van der Waals surface area contributed by atoms with Gasteiger partial charge in [0.1, 0.15) is 5.75 Å². The number of benzene rings is 1. The van der Waals surface area contributed by atoms with Crippen LogP contribution in [-0.2, 0) is 9.47 Å². The molecule has 2 N–H and O–H groups in total. The van der Waals surface area contributed by atoms with Crippen molar-refractivity contribution >= 4 is 51.6 Å². The number of halogens is 2. The van der Waals surface area contributed by atoms with Crippen LogP contribution < -0.4 is 15.2 Å². The Bertz CT molecular complexity index is 885. The van der Waals surface area contributed by atoms with Gasteiger partial charge in [-0.3, -0.25) is 0 Å². The Balaban J connectivity index is 1.58. The first-order valence-electron chi connectivity index (χ1n) is 9.49. The summed E-state index contributed by atoms with van der Waals surface area (Å²) >= 11 is 9.30. The van der Waals surface area contributed by atoms with E-state index < -0.39 is 0 Å². The molecule has 3 heterocycles. The highest BCUT2D eigenvalue weighted by Gasteiger charge is 2.20. The van der Waals surface area contributed by atoms with Crippen molar-refractivity contribution in [3.05, 3.63) is 27.2 Å². The highest BCUT2D eigenvalue weighted by atomic mass is 79.9. The monoisotopic (exact) mass is 497 g/mol. The Morgan fingerprint density at radius 1 is 1.00 bits per heavy atom. The van der Waals surface area contributed by atoms with Crippen molar-refractivity contribution in [2.24, 2.45) is 5.10 Å². The average Bonchev–Trinajstić information content (AvgIpc) is 2.78. The van der Waals surface area contributed by atoms with E-state index in [9.17, 15) is 5.11 Å². The molecule has 10 nitrogen and oxygen atoms in total. The maximum Gasteiger partial charge on any atom is 0.250 e. The molecule has 0 unspecified atom stereocenters. The number of hydrazone groups is 1. The van der Waals surface area contributed by atoms with Gasteiger partial charge in [-0.2, -0.15) is 20.1 Å². The van der Waals surface area contributed by atoms with E-state index in [1.807, 2.05) is 0 Å². The van der Waals surface area contributed by atoms with E-state index in [1.54, 1.807) is 12.1 Å². The predicted octanol–water partition coefficient (Wildman–Crippen LogP) is 2.11. The molecule has 2 aromatic rings. The third kappa shape index (κ3) is 5.09. The number of aromatic nitrogens is 3. The van der Waals surface area contributed by atoms with Crippen LogP contribution in [-0.4, -0.2) is 78.9 Å². The van der Waals surface area contributed by atoms with Gasteiger partial charge in [0, 0.05) is 36.8 Å². The van der Waals surface area contributed by atoms with Crippen LogP contribution in [0.1, 0.15) is 5.56 Å². The molecule has 2 aliphatic rings. The molecule has 160 valence electrons. The maximum absolute atomic E-state index is 10.1. The minimum atomic E-state index is 0.0450. The van der Waals surface area contributed by atoms with E-state index in [1.165, 1.54) is 6.21 Å². The van der Waals surface area contributed by atoms with Gasteiger partial charge in [-0.1, -0.05) is 11.6 Å². The average molecular weight is 499 g/mol. The highest BCUT2D eigenvalue weighted by Crippen LogP contribution is 2.30. The number of hydrogen-bond acceptors (Lipinski definition) is 10. The van der Waals surface area contributed by atoms with E-state index in [2.05, 4.69) is 51.2 Å². The van der Waals surface area contributed by atoms with Gasteiger partial charge in [0.15, 0.2) is 0 Å². The van der Waals surface area contributed by atoms with Crippen molar-refractivity contribution in [1.82, 2.24) is 15.0 Å². The normalized spacial score (nSPS) is 17.5. The third-order valence-electron chi connectivity index (χ3n) is 4.63. The molecule has 0 aliphatic carbocycles. The van der Waals surface area contributed by atoms with Gasteiger partial charge in [-0.05, 0) is 28.1 Å². The summed E-state index contributed by atoms with van der Waals surface area (Å²) in [7, 11) is 0. The summed E-state index contributed by atoms with van der Waals surface area (Å²) in [5.74, 6) is 1.50. The lowest BCUT2D eigenvalue weighted by atomic mass is 10.2. The number of ether oxygens (including phenoxy) is 2. The number of phenolic OH excluding ortho intramolecular Hbond substituents is 1. The molecule has 4 rings (SSSR count).